The van der Waals surface area contributed by atoms with E-state index in [4.69, 9.17) is 4.74 Å². The lowest BCUT2D eigenvalue weighted by atomic mass is 10.2. The molecule has 0 fully saturated rings. The molecule has 8 nitrogen and oxygen atoms in total. The fourth-order valence-electron chi connectivity index (χ4n) is 2.87. The van der Waals surface area contributed by atoms with Crippen LogP contribution in [0.4, 0.5) is 4.79 Å². The molecule has 0 saturated carbocycles. The third kappa shape index (κ3) is 11.6. The molecule has 1 aromatic heterocycles. The highest BCUT2D eigenvalue weighted by Gasteiger charge is 2.20. The molecule has 174 valence electrons. The van der Waals surface area contributed by atoms with Crippen molar-refractivity contribution in [3.8, 4) is 0 Å². The Morgan fingerprint density at radius 2 is 2.00 bits per heavy atom. The van der Waals surface area contributed by atoms with Crippen LogP contribution >= 0.6 is 24.0 Å². The molecule has 0 saturated heterocycles. The third-order valence-corrected chi connectivity index (χ3v) is 4.14. The zero-order chi connectivity index (χ0) is 22.0. The molecule has 0 bridgehead atoms. The fraction of sp³-hybridized carbons (Fsp3) is 0.762. The van der Waals surface area contributed by atoms with Gasteiger partial charge in [-0.25, -0.2) is 4.79 Å². The Balaban J connectivity index is 0.00000841. The maximum atomic E-state index is 12.1. The predicted octanol–water partition coefficient (Wildman–Crippen LogP) is 3.57. The van der Waals surface area contributed by atoms with Crippen molar-refractivity contribution in [3.05, 3.63) is 17.5 Å². The van der Waals surface area contributed by atoms with Crippen LogP contribution in [0.3, 0.4) is 0 Å². The van der Waals surface area contributed by atoms with Crippen LogP contribution < -0.4 is 10.6 Å². The van der Waals surface area contributed by atoms with Gasteiger partial charge in [-0.2, -0.15) is 5.10 Å². The number of hydrogen-bond acceptors (Lipinski definition) is 4. The molecule has 1 atom stereocenters. The van der Waals surface area contributed by atoms with Gasteiger partial charge >= 0.3 is 6.09 Å². The van der Waals surface area contributed by atoms with Crippen LogP contribution in [0, 0.1) is 19.8 Å². The van der Waals surface area contributed by atoms with Gasteiger partial charge in [-0.05, 0) is 59.9 Å². The Kier molecular flexibility index (Phi) is 13.0. The van der Waals surface area contributed by atoms with Crippen molar-refractivity contribution in [1.82, 2.24) is 25.3 Å². The van der Waals surface area contributed by atoms with Crippen molar-refractivity contribution in [2.75, 3.05) is 33.2 Å². The first kappa shape index (κ1) is 28.5. The summed E-state index contributed by atoms with van der Waals surface area (Å²) < 4.78 is 7.43. The van der Waals surface area contributed by atoms with Crippen LogP contribution in [0.2, 0.25) is 0 Å². The minimum atomic E-state index is -0.484. The van der Waals surface area contributed by atoms with Gasteiger partial charge in [0.05, 0.1) is 5.69 Å². The number of carbonyl (C=O) groups is 1. The summed E-state index contributed by atoms with van der Waals surface area (Å²) in [4.78, 5) is 18.4. The van der Waals surface area contributed by atoms with E-state index in [9.17, 15) is 4.79 Å². The molecule has 30 heavy (non-hydrogen) atoms. The highest BCUT2D eigenvalue weighted by atomic mass is 127. The summed E-state index contributed by atoms with van der Waals surface area (Å²) in [5.74, 6) is 1.02. The molecule has 0 spiro atoms. The van der Waals surface area contributed by atoms with Crippen LogP contribution in [-0.2, 0) is 11.3 Å². The molecule has 2 N–H and O–H groups in total. The average Bonchev–Trinajstić information content (AvgIpc) is 2.92. The molecule has 0 radical (unpaired) electrons. The number of guanidine groups is 1. The monoisotopic (exact) mass is 536 g/mol. The first-order valence-corrected chi connectivity index (χ1v) is 10.5. The molecule has 1 amide bonds. The molecular weight excluding hydrogens is 495 g/mol. The Morgan fingerprint density at radius 1 is 1.33 bits per heavy atom. The normalized spacial score (nSPS) is 12.7. The molecule has 0 aliphatic carbocycles. The molecule has 1 unspecified atom stereocenters. The Hall–Kier alpha value is -1.52. The molecule has 9 heteroatoms. The van der Waals surface area contributed by atoms with Gasteiger partial charge in [0.1, 0.15) is 5.60 Å². The summed E-state index contributed by atoms with van der Waals surface area (Å²) in [5.41, 5.74) is 1.75. The van der Waals surface area contributed by atoms with E-state index in [1.54, 1.807) is 11.9 Å². The first-order valence-electron chi connectivity index (χ1n) is 10.5. The predicted molar refractivity (Wildman–Crippen MR) is 134 cm³/mol. The van der Waals surface area contributed by atoms with Gasteiger partial charge in [0, 0.05) is 45.5 Å². The largest absolute Gasteiger partial charge is 0.444 e. The Morgan fingerprint density at radius 3 is 2.53 bits per heavy atom. The summed E-state index contributed by atoms with van der Waals surface area (Å²) in [5, 5.41) is 11.1. The lowest BCUT2D eigenvalue weighted by molar-refractivity contribution is 0.0279. The third-order valence-electron chi connectivity index (χ3n) is 4.14. The van der Waals surface area contributed by atoms with Gasteiger partial charge in [0.25, 0.3) is 0 Å². The van der Waals surface area contributed by atoms with E-state index in [-0.39, 0.29) is 36.0 Å². The number of rotatable bonds is 9. The number of aryl methyl sites for hydroxylation is 3. The zero-order valence-electron chi connectivity index (χ0n) is 19.9. The fourth-order valence-corrected chi connectivity index (χ4v) is 2.87. The van der Waals surface area contributed by atoms with Crippen molar-refractivity contribution >= 4 is 36.0 Å². The van der Waals surface area contributed by atoms with E-state index in [1.165, 1.54) is 5.69 Å². The van der Waals surface area contributed by atoms with Crippen LogP contribution in [0.25, 0.3) is 0 Å². The summed E-state index contributed by atoms with van der Waals surface area (Å²) in [7, 11) is 1.76. The number of nitrogens with zero attached hydrogens (tertiary/aromatic N) is 4. The molecule has 1 rings (SSSR count). The van der Waals surface area contributed by atoms with Gasteiger partial charge < -0.3 is 20.3 Å². The standard InChI is InChI=1S/C21H40N6O2.HI/c1-9-22-19(23-11-10-12-27-18(4)13-17(3)25-27)24-14-16(2)15-26(8)20(28)29-21(5,6)7;/h13,16H,9-12,14-15H2,1-8H3,(H2,22,23,24);1H. The first-order chi connectivity index (χ1) is 13.5. The number of ether oxygens (including phenoxy) is 1. The van der Waals surface area contributed by atoms with Crippen molar-refractivity contribution in [3.63, 3.8) is 0 Å². The molecule has 0 aromatic carbocycles. The highest BCUT2D eigenvalue weighted by Crippen LogP contribution is 2.10. The minimum absolute atomic E-state index is 0. The second kappa shape index (κ2) is 13.7. The lowest BCUT2D eigenvalue weighted by Gasteiger charge is -2.26. The van der Waals surface area contributed by atoms with E-state index in [0.29, 0.717) is 13.1 Å². The SMILES string of the molecule is CCNC(=NCC(C)CN(C)C(=O)OC(C)(C)C)NCCCn1nc(C)cc1C.I. The van der Waals surface area contributed by atoms with Crippen molar-refractivity contribution in [2.24, 2.45) is 10.9 Å². The smallest absolute Gasteiger partial charge is 0.410 e. The second-order valence-corrected chi connectivity index (χ2v) is 8.62. The van der Waals surface area contributed by atoms with Gasteiger partial charge in [-0.1, -0.05) is 6.92 Å². The van der Waals surface area contributed by atoms with Crippen molar-refractivity contribution < 1.29 is 9.53 Å². The number of aliphatic imine (C=N–C) groups is 1. The van der Waals surface area contributed by atoms with E-state index < -0.39 is 5.60 Å². The number of nitrogens with one attached hydrogen (secondary N) is 2. The van der Waals surface area contributed by atoms with Crippen LogP contribution in [0.5, 0.6) is 0 Å². The average molecular weight is 537 g/mol. The molecule has 0 aliphatic heterocycles. The van der Waals surface area contributed by atoms with E-state index in [0.717, 1.165) is 37.7 Å². The topological polar surface area (TPSA) is 83.8 Å². The van der Waals surface area contributed by atoms with Gasteiger partial charge in [-0.15, -0.1) is 24.0 Å². The van der Waals surface area contributed by atoms with Gasteiger partial charge in [0.2, 0.25) is 0 Å². The van der Waals surface area contributed by atoms with Gasteiger partial charge in [0.15, 0.2) is 5.96 Å². The zero-order valence-corrected chi connectivity index (χ0v) is 22.2. The molecule has 1 aromatic rings. The maximum Gasteiger partial charge on any atom is 0.410 e. The Labute approximate surface area is 199 Å². The summed E-state index contributed by atoms with van der Waals surface area (Å²) in [6.07, 6.45) is 0.658. The number of carbonyl (C=O) groups excluding carboxylic acids is 1. The summed E-state index contributed by atoms with van der Waals surface area (Å²) in [6, 6.07) is 2.09. The Bertz CT molecular complexity index is 669. The van der Waals surface area contributed by atoms with Crippen LogP contribution in [-0.4, -0.2) is 65.6 Å². The molecule has 0 aliphatic rings. The number of aromatic nitrogens is 2. The maximum absolute atomic E-state index is 12.1. The second-order valence-electron chi connectivity index (χ2n) is 8.62. The summed E-state index contributed by atoms with van der Waals surface area (Å²) in [6.45, 7) is 17.5. The number of amides is 1. The van der Waals surface area contributed by atoms with Crippen molar-refractivity contribution in [1.29, 1.82) is 0 Å². The lowest BCUT2D eigenvalue weighted by Crippen LogP contribution is -2.39. The molecular formula is C21H41IN6O2. The highest BCUT2D eigenvalue weighted by molar-refractivity contribution is 14.0. The van der Waals surface area contributed by atoms with E-state index >= 15 is 0 Å². The van der Waals surface area contributed by atoms with Crippen LogP contribution in [0.15, 0.2) is 11.1 Å². The quantitative estimate of drug-likeness (QED) is 0.218. The number of halogens is 1. The molecule has 1 heterocycles. The van der Waals surface area contributed by atoms with Crippen LogP contribution in [0.1, 0.15) is 52.4 Å². The minimum Gasteiger partial charge on any atom is -0.444 e. The number of hydrogen-bond donors (Lipinski definition) is 2. The summed E-state index contributed by atoms with van der Waals surface area (Å²) >= 11 is 0. The van der Waals surface area contributed by atoms with E-state index in [2.05, 4.69) is 40.6 Å². The van der Waals surface area contributed by atoms with Gasteiger partial charge in [-0.3, -0.25) is 9.67 Å². The van der Waals surface area contributed by atoms with Crippen molar-refractivity contribution in [2.45, 2.75) is 67.0 Å². The van der Waals surface area contributed by atoms with E-state index in [1.807, 2.05) is 39.3 Å².